The van der Waals surface area contributed by atoms with Crippen molar-refractivity contribution < 1.29 is 22.0 Å². The fourth-order valence-electron chi connectivity index (χ4n) is 2.05. The lowest BCUT2D eigenvalue weighted by molar-refractivity contribution is -0.120. The lowest BCUT2D eigenvalue weighted by Gasteiger charge is -2.10. The molecule has 0 aromatic heterocycles. The van der Waals surface area contributed by atoms with Crippen molar-refractivity contribution >= 4 is 15.9 Å². The molecule has 1 amide bonds. The van der Waals surface area contributed by atoms with E-state index in [0.29, 0.717) is 5.56 Å². The summed E-state index contributed by atoms with van der Waals surface area (Å²) in [7, 11) is -3.95. The molecule has 0 bridgehead atoms. The van der Waals surface area contributed by atoms with E-state index in [2.05, 4.69) is 10.0 Å². The van der Waals surface area contributed by atoms with Gasteiger partial charge >= 0.3 is 0 Å². The van der Waals surface area contributed by atoms with Gasteiger partial charge in [0, 0.05) is 12.1 Å². The highest BCUT2D eigenvalue weighted by Gasteiger charge is 2.18. The molecule has 2 aromatic rings. The number of halogens is 2. The van der Waals surface area contributed by atoms with Gasteiger partial charge < -0.3 is 5.32 Å². The summed E-state index contributed by atoms with van der Waals surface area (Å²) in [5.41, 5.74) is 0.525. The Morgan fingerprint density at radius 3 is 2.50 bits per heavy atom. The molecule has 0 aliphatic rings. The Balaban J connectivity index is 1.94. The minimum Gasteiger partial charge on any atom is -0.351 e. The van der Waals surface area contributed by atoms with Gasteiger partial charge in [-0.2, -0.15) is 0 Å². The van der Waals surface area contributed by atoms with E-state index in [0.717, 1.165) is 18.2 Å². The predicted molar refractivity (Wildman–Crippen MR) is 84.6 cm³/mol. The number of benzene rings is 2. The summed E-state index contributed by atoms with van der Waals surface area (Å²) < 4.78 is 52.8. The van der Waals surface area contributed by atoms with Crippen LogP contribution in [-0.2, 0) is 21.4 Å². The summed E-state index contributed by atoms with van der Waals surface area (Å²) >= 11 is 0. The molecule has 0 saturated heterocycles. The van der Waals surface area contributed by atoms with E-state index in [-0.39, 0.29) is 17.0 Å². The summed E-state index contributed by atoms with van der Waals surface area (Å²) in [5.74, 6) is -1.61. The lowest BCUT2D eigenvalue weighted by Crippen LogP contribution is -2.36. The number of hydrogen-bond donors (Lipinski definition) is 2. The summed E-state index contributed by atoms with van der Waals surface area (Å²) in [6.07, 6.45) is 0. The first kappa shape index (κ1) is 18.0. The van der Waals surface area contributed by atoms with E-state index >= 15 is 0 Å². The minimum absolute atomic E-state index is 0.0528. The van der Waals surface area contributed by atoms with E-state index in [4.69, 9.17) is 0 Å². The van der Waals surface area contributed by atoms with Crippen LogP contribution in [0.15, 0.2) is 47.4 Å². The molecule has 8 heteroatoms. The Morgan fingerprint density at radius 2 is 1.83 bits per heavy atom. The van der Waals surface area contributed by atoms with Crippen molar-refractivity contribution in [1.29, 1.82) is 0 Å². The lowest BCUT2D eigenvalue weighted by atomic mass is 10.2. The first-order valence-corrected chi connectivity index (χ1v) is 8.54. The summed E-state index contributed by atoms with van der Waals surface area (Å²) in [4.78, 5) is 11.6. The normalized spacial score (nSPS) is 11.3. The maximum Gasteiger partial charge on any atom is 0.241 e. The van der Waals surface area contributed by atoms with Crippen LogP contribution in [0.4, 0.5) is 8.78 Å². The van der Waals surface area contributed by atoms with Gasteiger partial charge in [-0.15, -0.1) is 0 Å². The highest BCUT2D eigenvalue weighted by molar-refractivity contribution is 7.89. The van der Waals surface area contributed by atoms with Crippen molar-refractivity contribution in [3.8, 4) is 0 Å². The fraction of sp³-hybridized carbons (Fsp3) is 0.188. The van der Waals surface area contributed by atoms with Crippen molar-refractivity contribution in [2.24, 2.45) is 0 Å². The molecule has 2 aromatic carbocycles. The molecule has 2 rings (SSSR count). The van der Waals surface area contributed by atoms with Gasteiger partial charge in [0.15, 0.2) is 0 Å². The molecule has 0 fully saturated rings. The number of hydrogen-bond acceptors (Lipinski definition) is 3. The number of sulfonamides is 1. The number of carbonyl (C=O) groups is 1. The van der Waals surface area contributed by atoms with Crippen LogP contribution in [0.2, 0.25) is 0 Å². The van der Waals surface area contributed by atoms with Crippen LogP contribution < -0.4 is 10.0 Å². The zero-order valence-corrected chi connectivity index (χ0v) is 13.7. The minimum atomic E-state index is -3.95. The molecule has 24 heavy (non-hydrogen) atoms. The Kier molecular flexibility index (Phi) is 5.63. The number of amides is 1. The molecular formula is C16H16F2N2O3S. The van der Waals surface area contributed by atoms with Crippen LogP contribution in [-0.4, -0.2) is 20.9 Å². The molecule has 2 N–H and O–H groups in total. The van der Waals surface area contributed by atoms with Gasteiger partial charge in [0.25, 0.3) is 0 Å². The van der Waals surface area contributed by atoms with Crippen LogP contribution in [0.1, 0.15) is 11.1 Å². The van der Waals surface area contributed by atoms with Gasteiger partial charge in [0.2, 0.25) is 15.9 Å². The van der Waals surface area contributed by atoms with Crippen LogP contribution >= 0.6 is 0 Å². The average Bonchev–Trinajstić information content (AvgIpc) is 2.52. The van der Waals surface area contributed by atoms with Gasteiger partial charge in [0.05, 0.1) is 11.4 Å². The van der Waals surface area contributed by atoms with E-state index in [1.54, 1.807) is 6.07 Å². The van der Waals surface area contributed by atoms with Gasteiger partial charge in [-0.05, 0) is 36.8 Å². The molecule has 0 spiro atoms. The number of rotatable bonds is 6. The zero-order chi connectivity index (χ0) is 17.7. The molecule has 0 unspecified atom stereocenters. The SMILES string of the molecule is Cc1cc(F)ccc1S(=O)(=O)NCC(=O)NCc1ccccc1F. The smallest absolute Gasteiger partial charge is 0.241 e. The third-order valence-corrected chi connectivity index (χ3v) is 4.84. The van der Waals surface area contributed by atoms with Gasteiger partial charge in [-0.1, -0.05) is 18.2 Å². The maximum atomic E-state index is 13.4. The summed E-state index contributed by atoms with van der Waals surface area (Å²) in [6.45, 7) is 0.895. The molecule has 0 aliphatic heterocycles. The quantitative estimate of drug-likeness (QED) is 0.832. The second-order valence-corrected chi connectivity index (χ2v) is 6.84. The van der Waals surface area contributed by atoms with Crippen LogP contribution in [0, 0.1) is 18.6 Å². The van der Waals surface area contributed by atoms with Crippen LogP contribution in [0.5, 0.6) is 0 Å². The Hall–Kier alpha value is -2.32. The first-order chi connectivity index (χ1) is 11.3. The van der Waals surface area contributed by atoms with E-state index < -0.39 is 34.1 Å². The average molecular weight is 354 g/mol. The molecule has 128 valence electrons. The highest BCUT2D eigenvalue weighted by Crippen LogP contribution is 2.15. The second-order valence-electron chi connectivity index (χ2n) is 5.10. The van der Waals surface area contributed by atoms with E-state index in [1.165, 1.54) is 25.1 Å². The van der Waals surface area contributed by atoms with Gasteiger partial charge in [-0.3, -0.25) is 4.79 Å². The van der Waals surface area contributed by atoms with Crippen molar-refractivity contribution in [2.75, 3.05) is 6.54 Å². The molecular weight excluding hydrogens is 338 g/mol. The van der Waals surface area contributed by atoms with E-state index in [1.807, 2.05) is 0 Å². The molecule has 0 atom stereocenters. The second kappa shape index (κ2) is 7.50. The molecule has 0 saturated carbocycles. The molecule has 0 radical (unpaired) electrons. The van der Waals surface area contributed by atoms with Crippen molar-refractivity contribution in [1.82, 2.24) is 10.0 Å². The number of nitrogens with one attached hydrogen (secondary N) is 2. The highest BCUT2D eigenvalue weighted by atomic mass is 32.2. The molecule has 0 heterocycles. The Morgan fingerprint density at radius 1 is 1.12 bits per heavy atom. The van der Waals surface area contributed by atoms with Gasteiger partial charge in [0.1, 0.15) is 11.6 Å². The maximum absolute atomic E-state index is 13.4. The third-order valence-electron chi connectivity index (χ3n) is 3.28. The molecule has 0 aliphatic carbocycles. The Bertz CT molecular complexity index is 854. The first-order valence-electron chi connectivity index (χ1n) is 7.05. The monoisotopic (exact) mass is 354 g/mol. The Labute approximate surface area is 138 Å². The van der Waals surface area contributed by atoms with Crippen molar-refractivity contribution in [3.63, 3.8) is 0 Å². The van der Waals surface area contributed by atoms with E-state index in [9.17, 15) is 22.0 Å². The predicted octanol–water partition coefficient (Wildman–Crippen LogP) is 1.87. The van der Waals surface area contributed by atoms with Crippen molar-refractivity contribution in [2.45, 2.75) is 18.4 Å². The van der Waals surface area contributed by atoms with Gasteiger partial charge in [-0.25, -0.2) is 21.9 Å². The topological polar surface area (TPSA) is 75.3 Å². The van der Waals surface area contributed by atoms with Crippen LogP contribution in [0.3, 0.4) is 0 Å². The van der Waals surface area contributed by atoms with Crippen molar-refractivity contribution in [3.05, 3.63) is 65.2 Å². The van der Waals surface area contributed by atoms with Crippen LogP contribution in [0.25, 0.3) is 0 Å². The number of aryl methyl sites for hydroxylation is 1. The number of carbonyl (C=O) groups excluding carboxylic acids is 1. The zero-order valence-electron chi connectivity index (χ0n) is 12.8. The fourth-order valence-corrected chi connectivity index (χ4v) is 3.26. The summed E-state index contributed by atoms with van der Waals surface area (Å²) in [6, 6.07) is 9.18. The summed E-state index contributed by atoms with van der Waals surface area (Å²) in [5, 5.41) is 2.42. The third kappa shape index (κ3) is 4.59. The standard InChI is InChI=1S/C16H16F2N2O3S/c1-11-8-13(17)6-7-15(11)24(22,23)20-10-16(21)19-9-12-4-2-3-5-14(12)18/h2-8,20H,9-10H2,1H3,(H,19,21). The largest absolute Gasteiger partial charge is 0.351 e. The molecule has 5 nitrogen and oxygen atoms in total.